The molecule has 0 spiro atoms. The van der Waals surface area contributed by atoms with Crippen molar-refractivity contribution in [3.05, 3.63) is 101 Å². The lowest BCUT2D eigenvalue weighted by Gasteiger charge is -2.34. The second kappa shape index (κ2) is 11.5. The van der Waals surface area contributed by atoms with Crippen LogP contribution < -0.4 is 4.74 Å². The van der Waals surface area contributed by atoms with Crippen molar-refractivity contribution >= 4 is 5.97 Å². The first-order valence-electron chi connectivity index (χ1n) is 10.7. The molecule has 0 aromatic heterocycles. The lowest BCUT2D eigenvalue weighted by molar-refractivity contribution is -0.138. The number of aliphatic carboxylic acids is 1. The molecule has 3 aromatic rings. The van der Waals surface area contributed by atoms with Crippen LogP contribution in [0.4, 0.5) is 0 Å². The van der Waals surface area contributed by atoms with Crippen LogP contribution in [0.25, 0.3) is 0 Å². The summed E-state index contributed by atoms with van der Waals surface area (Å²) in [6.07, 6.45) is 0. The van der Waals surface area contributed by atoms with Gasteiger partial charge < -0.3 is 14.6 Å². The third-order valence-corrected chi connectivity index (χ3v) is 5.56. The van der Waals surface area contributed by atoms with E-state index in [-0.39, 0.29) is 18.5 Å². The number of carbonyl (C=O) groups is 1. The Bertz CT molecular complexity index is 952. The molecule has 0 radical (unpaired) electrons. The van der Waals surface area contributed by atoms with Gasteiger partial charge in [-0.1, -0.05) is 66.7 Å². The van der Waals surface area contributed by atoms with Gasteiger partial charge in [0.1, 0.15) is 5.75 Å². The van der Waals surface area contributed by atoms with Crippen LogP contribution in [0.2, 0.25) is 0 Å². The van der Waals surface area contributed by atoms with Crippen molar-refractivity contribution in [2.75, 3.05) is 27.3 Å². The number of nitrogens with zero attached hydrogens (tertiary/aromatic N) is 1. The maximum atomic E-state index is 11.5. The van der Waals surface area contributed by atoms with Crippen LogP contribution in [0.1, 0.15) is 28.2 Å². The Morgan fingerprint density at radius 2 is 1.56 bits per heavy atom. The van der Waals surface area contributed by atoms with Gasteiger partial charge in [-0.15, -0.1) is 0 Å². The molecular weight excluding hydrogens is 402 g/mol. The zero-order valence-corrected chi connectivity index (χ0v) is 18.9. The van der Waals surface area contributed by atoms with Crippen molar-refractivity contribution in [3.8, 4) is 5.75 Å². The Kier molecular flexibility index (Phi) is 8.42. The van der Waals surface area contributed by atoms with Crippen LogP contribution in [-0.2, 0) is 16.1 Å². The number of rotatable bonds is 11. The van der Waals surface area contributed by atoms with Gasteiger partial charge >= 0.3 is 5.97 Å². The molecule has 0 fully saturated rings. The first-order valence-corrected chi connectivity index (χ1v) is 10.7. The molecule has 32 heavy (non-hydrogen) atoms. The summed E-state index contributed by atoms with van der Waals surface area (Å²) in [6.45, 7) is 2.76. The molecule has 0 bridgehead atoms. The largest absolute Gasteiger partial charge is 0.497 e. The van der Waals surface area contributed by atoms with E-state index in [4.69, 9.17) is 9.47 Å². The molecule has 0 aliphatic heterocycles. The van der Waals surface area contributed by atoms with Crippen LogP contribution in [-0.4, -0.2) is 49.3 Å². The Labute approximate surface area is 190 Å². The highest BCUT2D eigenvalue weighted by atomic mass is 16.5. The van der Waals surface area contributed by atoms with E-state index in [0.717, 1.165) is 28.0 Å². The minimum Gasteiger partial charge on any atom is -0.497 e. The topological polar surface area (TPSA) is 59.0 Å². The summed E-state index contributed by atoms with van der Waals surface area (Å²) in [7, 11) is 3.50. The van der Waals surface area contributed by atoms with Crippen LogP contribution in [0.3, 0.4) is 0 Å². The summed E-state index contributed by atoms with van der Waals surface area (Å²) in [6, 6.07) is 26.2. The first-order chi connectivity index (χ1) is 15.5. The summed E-state index contributed by atoms with van der Waals surface area (Å²) in [5, 5.41) is 9.45. The van der Waals surface area contributed by atoms with Crippen LogP contribution in [0.5, 0.6) is 5.75 Å². The zero-order valence-electron chi connectivity index (χ0n) is 18.9. The fourth-order valence-corrected chi connectivity index (χ4v) is 4.09. The lowest BCUT2D eigenvalue weighted by Crippen LogP contribution is -2.43. The number of carboxylic acid groups (broad SMARTS) is 1. The van der Waals surface area contributed by atoms with Gasteiger partial charge in [-0.05, 0) is 48.4 Å². The number of benzene rings is 3. The average molecular weight is 434 g/mol. The Balaban J connectivity index is 1.88. The van der Waals surface area contributed by atoms with E-state index in [1.807, 2.05) is 67.4 Å². The maximum absolute atomic E-state index is 11.5. The van der Waals surface area contributed by atoms with Crippen LogP contribution >= 0.6 is 0 Å². The van der Waals surface area contributed by atoms with E-state index in [1.54, 1.807) is 7.11 Å². The molecule has 168 valence electrons. The van der Waals surface area contributed by atoms with E-state index in [2.05, 4.69) is 30.3 Å². The summed E-state index contributed by atoms with van der Waals surface area (Å²) < 4.78 is 11.5. The van der Waals surface area contributed by atoms with Gasteiger partial charge in [0.15, 0.2) is 0 Å². The van der Waals surface area contributed by atoms with E-state index in [0.29, 0.717) is 13.2 Å². The fourth-order valence-electron chi connectivity index (χ4n) is 4.09. The van der Waals surface area contributed by atoms with Crippen LogP contribution in [0.15, 0.2) is 78.9 Å². The molecule has 3 aromatic carbocycles. The number of methoxy groups -OCH3 is 1. The van der Waals surface area contributed by atoms with Crippen molar-refractivity contribution in [2.24, 2.45) is 0 Å². The molecule has 1 atom stereocenters. The molecule has 0 unspecified atom stereocenters. The number of aryl methyl sites for hydroxylation is 1. The number of hydrogen-bond acceptors (Lipinski definition) is 4. The highest BCUT2D eigenvalue weighted by molar-refractivity contribution is 5.69. The third kappa shape index (κ3) is 6.42. The maximum Gasteiger partial charge on any atom is 0.317 e. The molecule has 0 saturated heterocycles. The van der Waals surface area contributed by atoms with Crippen molar-refractivity contribution in [1.82, 2.24) is 4.90 Å². The van der Waals surface area contributed by atoms with Crippen molar-refractivity contribution < 1.29 is 19.4 Å². The molecule has 5 heteroatoms. The molecular formula is C27H31NO4. The minimum absolute atomic E-state index is 0.0335. The molecule has 3 rings (SSSR count). The highest BCUT2D eigenvalue weighted by Crippen LogP contribution is 2.31. The molecule has 1 N–H and O–H groups in total. The molecule has 5 nitrogen and oxygen atoms in total. The van der Waals surface area contributed by atoms with E-state index < -0.39 is 5.97 Å². The monoisotopic (exact) mass is 433 g/mol. The first kappa shape index (κ1) is 23.5. The fraction of sp³-hybridized carbons (Fsp3) is 0.296. The second-order valence-corrected chi connectivity index (χ2v) is 8.05. The standard InChI is InChI=1S/C27H31NO4/c1-20-14-21(16-24(15-20)31-3)18-32-19-25(28(2)17-26(29)30)27(22-10-6-4-7-11-22)23-12-8-5-9-13-23/h4-16,25,27H,17-19H2,1-3H3,(H,29,30)/t25-/m1/s1. The Morgan fingerprint density at radius 3 is 2.09 bits per heavy atom. The number of ether oxygens (including phenoxy) is 2. The van der Waals surface area contributed by atoms with Gasteiger partial charge in [-0.3, -0.25) is 9.69 Å². The number of hydrogen-bond donors (Lipinski definition) is 1. The molecule has 0 aliphatic rings. The highest BCUT2D eigenvalue weighted by Gasteiger charge is 2.29. The van der Waals surface area contributed by atoms with Gasteiger partial charge in [-0.25, -0.2) is 0 Å². The molecule has 0 amide bonds. The van der Waals surface area contributed by atoms with Crippen molar-refractivity contribution in [3.63, 3.8) is 0 Å². The molecule has 0 heterocycles. The van der Waals surface area contributed by atoms with Crippen LogP contribution in [0, 0.1) is 6.92 Å². The van der Waals surface area contributed by atoms with Gasteiger partial charge in [0.05, 0.1) is 26.9 Å². The predicted molar refractivity (Wildman–Crippen MR) is 126 cm³/mol. The van der Waals surface area contributed by atoms with Crippen molar-refractivity contribution in [2.45, 2.75) is 25.5 Å². The van der Waals surface area contributed by atoms with E-state index >= 15 is 0 Å². The smallest absolute Gasteiger partial charge is 0.317 e. The normalized spacial score (nSPS) is 12.2. The van der Waals surface area contributed by atoms with E-state index in [9.17, 15) is 9.90 Å². The van der Waals surface area contributed by atoms with Gasteiger partial charge in [-0.2, -0.15) is 0 Å². The Hall–Kier alpha value is -3.15. The minimum atomic E-state index is -0.860. The average Bonchev–Trinajstić information content (AvgIpc) is 2.79. The quantitative estimate of drug-likeness (QED) is 0.473. The summed E-state index contributed by atoms with van der Waals surface area (Å²) >= 11 is 0. The third-order valence-electron chi connectivity index (χ3n) is 5.56. The summed E-state index contributed by atoms with van der Waals surface area (Å²) in [5.41, 5.74) is 4.38. The number of carboxylic acids is 1. The Morgan fingerprint density at radius 1 is 0.969 bits per heavy atom. The van der Waals surface area contributed by atoms with Gasteiger partial charge in [0, 0.05) is 12.0 Å². The van der Waals surface area contributed by atoms with Crippen molar-refractivity contribution in [1.29, 1.82) is 0 Å². The lowest BCUT2D eigenvalue weighted by atomic mass is 9.84. The van der Waals surface area contributed by atoms with Gasteiger partial charge in [0.25, 0.3) is 0 Å². The summed E-state index contributed by atoms with van der Waals surface area (Å²) in [5.74, 6) is -0.0933. The molecule has 0 saturated carbocycles. The zero-order chi connectivity index (χ0) is 22.9. The number of likely N-dealkylation sites (N-methyl/N-ethyl adjacent to an activating group) is 1. The second-order valence-electron chi connectivity index (χ2n) is 8.05. The predicted octanol–water partition coefficient (Wildman–Crippen LogP) is 4.74. The van der Waals surface area contributed by atoms with E-state index in [1.165, 1.54) is 0 Å². The van der Waals surface area contributed by atoms with Gasteiger partial charge in [0.2, 0.25) is 0 Å². The summed E-state index contributed by atoms with van der Waals surface area (Å²) in [4.78, 5) is 13.4. The SMILES string of the molecule is COc1cc(C)cc(COC[C@H](C(c2ccccc2)c2ccccc2)N(C)CC(=O)O)c1. The molecule has 0 aliphatic carbocycles.